The van der Waals surface area contributed by atoms with Crippen LogP contribution in [-0.2, 0) is 5.54 Å². The first kappa shape index (κ1) is 10.6. The van der Waals surface area contributed by atoms with Gasteiger partial charge in [0.05, 0.1) is 23.8 Å². The Balaban J connectivity index is 2.49. The maximum absolute atomic E-state index is 6.21. The molecule has 0 aliphatic carbocycles. The second-order valence-corrected chi connectivity index (χ2v) is 3.36. The fraction of sp³-hybridized carbons (Fsp3) is 0.200. The number of nitrogens with zero attached hydrogens (tertiary/aromatic N) is 4. The molecule has 0 saturated heterocycles. The quantitative estimate of drug-likeness (QED) is 0.712. The van der Waals surface area contributed by atoms with E-state index < -0.39 is 5.54 Å². The molecule has 2 rings (SSSR count). The number of nitrogens with two attached hydrogens (primary N) is 2. The third kappa shape index (κ3) is 1.75. The summed E-state index contributed by atoms with van der Waals surface area (Å²) in [5.41, 5.74) is 12.1. The van der Waals surface area contributed by atoms with Gasteiger partial charge in [-0.1, -0.05) is 0 Å². The number of rotatable bonds is 3. The monoisotopic (exact) mass is 216 g/mol. The van der Waals surface area contributed by atoms with Gasteiger partial charge in [-0.15, -0.1) is 0 Å². The molecular formula is C10H12N6. The fourth-order valence-corrected chi connectivity index (χ4v) is 1.40. The Kier molecular flexibility index (Phi) is 2.84. The third-order valence-electron chi connectivity index (χ3n) is 2.36. The first-order chi connectivity index (χ1) is 7.77. The van der Waals surface area contributed by atoms with Crippen LogP contribution in [0.3, 0.4) is 0 Å². The second-order valence-electron chi connectivity index (χ2n) is 3.36. The van der Waals surface area contributed by atoms with Crippen LogP contribution in [0.5, 0.6) is 0 Å². The van der Waals surface area contributed by atoms with Gasteiger partial charge in [0, 0.05) is 31.3 Å². The van der Waals surface area contributed by atoms with E-state index in [1.807, 2.05) is 0 Å². The molecule has 0 radical (unpaired) electrons. The van der Waals surface area contributed by atoms with Crippen LogP contribution in [0, 0.1) is 0 Å². The molecule has 2 aromatic heterocycles. The van der Waals surface area contributed by atoms with Crippen molar-refractivity contribution >= 4 is 0 Å². The van der Waals surface area contributed by atoms with Crippen molar-refractivity contribution in [3.8, 4) is 0 Å². The normalized spacial score (nSPS) is 11.4. The second kappa shape index (κ2) is 4.30. The van der Waals surface area contributed by atoms with E-state index in [-0.39, 0.29) is 6.54 Å². The zero-order valence-electron chi connectivity index (χ0n) is 8.61. The van der Waals surface area contributed by atoms with Gasteiger partial charge in [0.2, 0.25) is 0 Å². The van der Waals surface area contributed by atoms with Gasteiger partial charge in [0.1, 0.15) is 5.54 Å². The molecule has 0 spiro atoms. The zero-order valence-corrected chi connectivity index (χ0v) is 8.61. The molecular weight excluding hydrogens is 204 g/mol. The van der Waals surface area contributed by atoms with Crippen LogP contribution in [0.25, 0.3) is 0 Å². The van der Waals surface area contributed by atoms with Crippen LogP contribution in [-0.4, -0.2) is 26.5 Å². The standard InChI is InChI=1S/C10H12N6/c11-7-10(12,8-5-13-1-3-15-8)9-6-14-2-4-16-9/h1-6H,7,11-12H2. The van der Waals surface area contributed by atoms with Crippen molar-refractivity contribution in [1.82, 2.24) is 19.9 Å². The zero-order chi connectivity index (χ0) is 11.4. The molecule has 2 heterocycles. The van der Waals surface area contributed by atoms with Crippen LogP contribution in [0.1, 0.15) is 11.4 Å². The third-order valence-corrected chi connectivity index (χ3v) is 2.36. The average molecular weight is 216 g/mol. The number of hydrogen-bond donors (Lipinski definition) is 2. The molecule has 0 fully saturated rings. The van der Waals surface area contributed by atoms with Crippen LogP contribution in [0.15, 0.2) is 37.2 Å². The van der Waals surface area contributed by atoms with E-state index >= 15 is 0 Å². The van der Waals surface area contributed by atoms with Gasteiger partial charge in [0.15, 0.2) is 0 Å². The molecule has 0 amide bonds. The summed E-state index contributed by atoms with van der Waals surface area (Å²) in [4.78, 5) is 16.3. The lowest BCUT2D eigenvalue weighted by Gasteiger charge is -2.25. The van der Waals surface area contributed by atoms with Gasteiger partial charge in [-0.2, -0.15) is 0 Å². The Bertz CT molecular complexity index is 404. The number of hydrogen-bond acceptors (Lipinski definition) is 6. The summed E-state index contributed by atoms with van der Waals surface area (Å²) in [6, 6.07) is 0. The Morgan fingerprint density at radius 1 is 0.938 bits per heavy atom. The average Bonchev–Trinajstić information content (AvgIpc) is 2.40. The van der Waals surface area contributed by atoms with E-state index in [2.05, 4.69) is 19.9 Å². The van der Waals surface area contributed by atoms with Crippen LogP contribution in [0.2, 0.25) is 0 Å². The molecule has 0 unspecified atom stereocenters. The lowest BCUT2D eigenvalue weighted by molar-refractivity contribution is 0.512. The Morgan fingerprint density at radius 2 is 1.44 bits per heavy atom. The van der Waals surface area contributed by atoms with Crippen molar-refractivity contribution in [2.24, 2.45) is 11.5 Å². The van der Waals surface area contributed by atoms with Crippen molar-refractivity contribution < 1.29 is 0 Å². The van der Waals surface area contributed by atoms with Crippen LogP contribution < -0.4 is 11.5 Å². The molecule has 0 atom stereocenters. The lowest BCUT2D eigenvalue weighted by Crippen LogP contribution is -2.46. The van der Waals surface area contributed by atoms with Gasteiger partial charge in [-0.3, -0.25) is 19.9 Å². The van der Waals surface area contributed by atoms with Crippen molar-refractivity contribution in [3.63, 3.8) is 0 Å². The van der Waals surface area contributed by atoms with Crippen molar-refractivity contribution in [1.29, 1.82) is 0 Å². The molecule has 0 aromatic carbocycles. The number of aromatic nitrogens is 4. The first-order valence-electron chi connectivity index (χ1n) is 4.79. The largest absolute Gasteiger partial charge is 0.328 e. The van der Waals surface area contributed by atoms with Gasteiger partial charge < -0.3 is 11.5 Å². The van der Waals surface area contributed by atoms with Crippen LogP contribution >= 0.6 is 0 Å². The minimum Gasteiger partial charge on any atom is -0.328 e. The van der Waals surface area contributed by atoms with E-state index in [0.29, 0.717) is 11.4 Å². The predicted octanol–water partition coefficient (Wildman–Crippen LogP) is -0.572. The van der Waals surface area contributed by atoms with E-state index in [1.54, 1.807) is 37.2 Å². The molecule has 6 heteroatoms. The van der Waals surface area contributed by atoms with Gasteiger partial charge in [0.25, 0.3) is 0 Å². The Morgan fingerprint density at radius 3 is 1.75 bits per heavy atom. The molecule has 16 heavy (non-hydrogen) atoms. The molecule has 4 N–H and O–H groups in total. The van der Waals surface area contributed by atoms with Crippen molar-refractivity contribution in [2.75, 3.05) is 6.54 Å². The first-order valence-corrected chi connectivity index (χ1v) is 4.79. The van der Waals surface area contributed by atoms with Crippen molar-refractivity contribution in [3.05, 3.63) is 48.6 Å². The smallest absolute Gasteiger partial charge is 0.117 e. The Hall–Kier alpha value is -1.92. The highest BCUT2D eigenvalue weighted by Gasteiger charge is 2.31. The summed E-state index contributed by atoms with van der Waals surface area (Å²) in [6.07, 6.45) is 9.48. The molecule has 0 aliphatic heterocycles. The van der Waals surface area contributed by atoms with Crippen LogP contribution in [0.4, 0.5) is 0 Å². The maximum atomic E-state index is 6.21. The molecule has 82 valence electrons. The van der Waals surface area contributed by atoms with Gasteiger partial charge >= 0.3 is 0 Å². The van der Waals surface area contributed by atoms with Crippen molar-refractivity contribution in [2.45, 2.75) is 5.54 Å². The SMILES string of the molecule is NCC(N)(c1cnccn1)c1cnccn1. The molecule has 2 aromatic rings. The van der Waals surface area contributed by atoms with Gasteiger partial charge in [-0.25, -0.2) is 0 Å². The highest BCUT2D eigenvalue weighted by atomic mass is 14.9. The summed E-state index contributed by atoms with van der Waals surface area (Å²) < 4.78 is 0. The van der Waals surface area contributed by atoms with E-state index in [9.17, 15) is 0 Å². The highest BCUT2D eigenvalue weighted by Crippen LogP contribution is 2.20. The summed E-state index contributed by atoms with van der Waals surface area (Å²) >= 11 is 0. The van der Waals surface area contributed by atoms with Gasteiger partial charge in [-0.05, 0) is 0 Å². The summed E-state index contributed by atoms with van der Waals surface area (Å²) in [5.74, 6) is 0. The summed E-state index contributed by atoms with van der Waals surface area (Å²) in [7, 11) is 0. The maximum Gasteiger partial charge on any atom is 0.117 e. The minimum atomic E-state index is -0.942. The fourth-order valence-electron chi connectivity index (χ4n) is 1.40. The molecule has 6 nitrogen and oxygen atoms in total. The molecule has 0 aliphatic rings. The summed E-state index contributed by atoms with van der Waals surface area (Å²) in [5, 5.41) is 0. The minimum absolute atomic E-state index is 0.185. The van der Waals surface area contributed by atoms with E-state index in [1.165, 1.54) is 0 Å². The predicted molar refractivity (Wildman–Crippen MR) is 58.1 cm³/mol. The Labute approximate surface area is 92.8 Å². The lowest BCUT2D eigenvalue weighted by atomic mass is 9.93. The summed E-state index contributed by atoms with van der Waals surface area (Å²) in [6.45, 7) is 0.185. The van der Waals surface area contributed by atoms with E-state index in [0.717, 1.165) is 0 Å². The molecule has 0 saturated carbocycles. The highest BCUT2D eigenvalue weighted by molar-refractivity contribution is 5.26. The molecule has 0 bridgehead atoms. The topological polar surface area (TPSA) is 104 Å². The van der Waals surface area contributed by atoms with E-state index in [4.69, 9.17) is 11.5 Å².